The topological polar surface area (TPSA) is 58.6 Å². The molecule has 5 heteroatoms. The quantitative estimate of drug-likeness (QED) is 0.790. The number of carbonyl (C=O) groups is 2. The van der Waals surface area contributed by atoms with Crippen LogP contribution in [0.2, 0.25) is 0 Å². The van der Waals surface area contributed by atoms with Gasteiger partial charge in [-0.25, -0.2) is 4.79 Å². The van der Waals surface area contributed by atoms with Crippen molar-refractivity contribution in [3.63, 3.8) is 0 Å². The van der Waals surface area contributed by atoms with Gasteiger partial charge in [0.2, 0.25) is 5.91 Å². The molecule has 0 saturated heterocycles. The predicted molar refractivity (Wildman–Crippen MR) is 102 cm³/mol. The number of benzene rings is 2. The molecular formula is C21H26N2O3. The SMILES string of the molecule is C[C@@H](NC(=O)OCc1ccccc1)C(=O)N(C)CCCc1ccccc1. The summed E-state index contributed by atoms with van der Waals surface area (Å²) in [6.45, 7) is 2.49. The van der Waals surface area contributed by atoms with Crippen LogP contribution in [0.4, 0.5) is 4.79 Å². The highest BCUT2D eigenvalue weighted by molar-refractivity contribution is 5.85. The van der Waals surface area contributed by atoms with E-state index in [1.807, 2.05) is 48.5 Å². The lowest BCUT2D eigenvalue weighted by atomic mass is 10.1. The predicted octanol–water partition coefficient (Wildman–Crippen LogP) is 3.39. The van der Waals surface area contributed by atoms with E-state index in [0.29, 0.717) is 6.54 Å². The Kier molecular flexibility index (Phi) is 7.68. The van der Waals surface area contributed by atoms with Gasteiger partial charge in [0, 0.05) is 13.6 Å². The fraction of sp³-hybridized carbons (Fsp3) is 0.333. The molecule has 0 heterocycles. The standard InChI is InChI=1S/C21H26N2O3/c1-17(22-21(25)26-16-19-12-7-4-8-13-19)20(24)23(2)15-9-14-18-10-5-3-6-11-18/h3-8,10-13,17H,9,14-16H2,1-2H3,(H,22,25)/t17-/m1/s1. The van der Waals surface area contributed by atoms with Gasteiger partial charge >= 0.3 is 6.09 Å². The third kappa shape index (κ3) is 6.59. The van der Waals surface area contributed by atoms with Crippen LogP contribution in [0.5, 0.6) is 0 Å². The number of amides is 2. The normalized spacial score (nSPS) is 11.5. The number of nitrogens with one attached hydrogen (secondary N) is 1. The molecule has 0 bridgehead atoms. The van der Waals surface area contributed by atoms with Crippen molar-refractivity contribution in [2.75, 3.05) is 13.6 Å². The van der Waals surface area contributed by atoms with Crippen molar-refractivity contribution >= 4 is 12.0 Å². The van der Waals surface area contributed by atoms with Crippen molar-refractivity contribution in [1.82, 2.24) is 10.2 Å². The Morgan fingerprint density at radius 3 is 2.19 bits per heavy atom. The van der Waals surface area contributed by atoms with Crippen LogP contribution in [0, 0.1) is 0 Å². The number of likely N-dealkylation sites (N-methyl/N-ethyl adjacent to an activating group) is 1. The number of ether oxygens (including phenoxy) is 1. The van der Waals surface area contributed by atoms with Gasteiger partial charge in [-0.05, 0) is 30.9 Å². The van der Waals surface area contributed by atoms with Crippen LogP contribution in [0.25, 0.3) is 0 Å². The lowest BCUT2D eigenvalue weighted by Gasteiger charge is -2.22. The monoisotopic (exact) mass is 354 g/mol. The molecule has 138 valence electrons. The molecule has 0 aromatic heterocycles. The second-order valence-corrected chi connectivity index (χ2v) is 6.28. The van der Waals surface area contributed by atoms with Gasteiger partial charge in [-0.2, -0.15) is 0 Å². The number of aryl methyl sites for hydroxylation is 1. The number of rotatable bonds is 8. The fourth-order valence-electron chi connectivity index (χ4n) is 2.61. The van der Waals surface area contributed by atoms with E-state index in [4.69, 9.17) is 4.74 Å². The summed E-state index contributed by atoms with van der Waals surface area (Å²) in [6, 6.07) is 19.0. The molecule has 2 aromatic carbocycles. The molecular weight excluding hydrogens is 328 g/mol. The average molecular weight is 354 g/mol. The lowest BCUT2D eigenvalue weighted by Crippen LogP contribution is -2.46. The lowest BCUT2D eigenvalue weighted by molar-refractivity contribution is -0.131. The molecule has 2 amide bonds. The molecule has 0 aliphatic heterocycles. The summed E-state index contributed by atoms with van der Waals surface area (Å²) >= 11 is 0. The zero-order chi connectivity index (χ0) is 18.8. The largest absolute Gasteiger partial charge is 0.445 e. The Labute approximate surface area is 155 Å². The second-order valence-electron chi connectivity index (χ2n) is 6.28. The molecule has 2 aromatic rings. The van der Waals surface area contributed by atoms with Gasteiger partial charge in [0.1, 0.15) is 12.6 Å². The molecule has 0 saturated carbocycles. The zero-order valence-electron chi connectivity index (χ0n) is 15.4. The molecule has 26 heavy (non-hydrogen) atoms. The van der Waals surface area contributed by atoms with E-state index in [0.717, 1.165) is 18.4 Å². The van der Waals surface area contributed by atoms with Gasteiger partial charge in [-0.15, -0.1) is 0 Å². The van der Waals surface area contributed by atoms with Gasteiger partial charge in [0.25, 0.3) is 0 Å². The molecule has 0 fully saturated rings. The summed E-state index contributed by atoms with van der Waals surface area (Å²) in [7, 11) is 1.75. The Balaban J connectivity index is 1.69. The van der Waals surface area contributed by atoms with Crippen molar-refractivity contribution in [2.45, 2.75) is 32.4 Å². The van der Waals surface area contributed by atoms with Crippen LogP contribution in [0.3, 0.4) is 0 Å². The van der Waals surface area contributed by atoms with Crippen molar-refractivity contribution in [3.05, 3.63) is 71.8 Å². The summed E-state index contributed by atoms with van der Waals surface area (Å²) in [5.74, 6) is -0.130. The molecule has 1 atom stereocenters. The first kappa shape index (κ1) is 19.5. The van der Waals surface area contributed by atoms with E-state index < -0.39 is 12.1 Å². The maximum Gasteiger partial charge on any atom is 0.408 e. The van der Waals surface area contributed by atoms with Crippen LogP contribution in [-0.2, 0) is 22.6 Å². The first-order valence-electron chi connectivity index (χ1n) is 8.82. The number of alkyl carbamates (subject to hydrolysis) is 1. The van der Waals surface area contributed by atoms with Crippen LogP contribution in [0.15, 0.2) is 60.7 Å². The molecule has 0 unspecified atom stereocenters. The smallest absolute Gasteiger partial charge is 0.408 e. The Hall–Kier alpha value is -2.82. The molecule has 0 aliphatic carbocycles. The van der Waals surface area contributed by atoms with E-state index >= 15 is 0 Å². The minimum Gasteiger partial charge on any atom is -0.445 e. The molecule has 0 aliphatic rings. The first-order chi connectivity index (χ1) is 12.6. The van der Waals surface area contributed by atoms with E-state index in [-0.39, 0.29) is 12.5 Å². The molecule has 5 nitrogen and oxygen atoms in total. The second kappa shape index (κ2) is 10.2. The summed E-state index contributed by atoms with van der Waals surface area (Å²) < 4.78 is 5.15. The third-order valence-corrected chi connectivity index (χ3v) is 4.10. The minimum absolute atomic E-state index is 0.130. The van der Waals surface area contributed by atoms with Crippen molar-refractivity contribution in [3.8, 4) is 0 Å². The van der Waals surface area contributed by atoms with Gasteiger partial charge < -0.3 is 15.0 Å². The van der Waals surface area contributed by atoms with Crippen LogP contribution in [-0.4, -0.2) is 36.5 Å². The van der Waals surface area contributed by atoms with Crippen molar-refractivity contribution < 1.29 is 14.3 Å². The first-order valence-corrected chi connectivity index (χ1v) is 8.82. The maximum absolute atomic E-state index is 12.4. The summed E-state index contributed by atoms with van der Waals surface area (Å²) in [5, 5.41) is 2.59. The third-order valence-electron chi connectivity index (χ3n) is 4.10. The highest BCUT2D eigenvalue weighted by atomic mass is 16.5. The molecule has 0 radical (unpaired) electrons. The molecule has 0 spiro atoms. The van der Waals surface area contributed by atoms with Crippen LogP contribution < -0.4 is 5.32 Å². The van der Waals surface area contributed by atoms with Crippen molar-refractivity contribution in [1.29, 1.82) is 0 Å². The number of carbonyl (C=O) groups excluding carboxylic acids is 2. The van der Waals surface area contributed by atoms with E-state index in [1.165, 1.54) is 5.56 Å². The van der Waals surface area contributed by atoms with Crippen molar-refractivity contribution in [2.24, 2.45) is 0 Å². The van der Waals surface area contributed by atoms with Gasteiger partial charge in [0.05, 0.1) is 0 Å². The van der Waals surface area contributed by atoms with Gasteiger partial charge in [-0.1, -0.05) is 60.7 Å². The summed E-state index contributed by atoms with van der Waals surface area (Å²) in [5.41, 5.74) is 2.16. The van der Waals surface area contributed by atoms with Gasteiger partial charge in [-0.3, -0.25) is 4.79 Å². The highest BCUT2D eigenvalue weighted by Gasteiger charge is 2.19. The Morgan fingerprint density at radius 1 is 1.00 bits per heavy atom. The number of nitrogens with zero attached hydrogens (tertiary/aromatic N) is 1. The fourth-order valence-corrected chi connectivity index (χ4v) is 2.61. The molecule has 1 N–H and O–H groups in total. The van der Waals surface area contributed by atoms with E-state index in [9.17, 15) is 9.59 Å². The Bertz CT molecular complexity index is 689. The summed E-state index contributed by atoms with van der Waals surface area (Å²) in [4.78, 5) is 25.8. The van der Waals surface area contributed by atoms with Crippen LogP contribution in [0.1, 0.15) is 24.5 Å². The maximum atomic E-state index is 12.4. The van der Waals surface area contributed by atoms with Crippen LogP contribution >= 0.6 is 0 Å². The average Bonchev–Trinajstić information content (AvgIpc) is 2.67. The molecule has 2 rings (SSSR count). The summed E-state index contributed by atoms with van der Waals surface area (Å²) in [6.07, 6.45) is 1.20. The Morgan fingerprint density at radius 2 is 1.58 bits per heavy atom. The zero-order valence-corrected chi connectivity index (χ0v) is 15.4. The number of hydrogen-bond donors (Lipinski definition) is 1. The number of hydrogen-bond acceptors (Lipinski definition) is 3. The minimum atomic E-state index is -0.625. The van der Waals surface area contributed by atoms with E-state index in [1.54, 1.807) is 18.9 Å². The highest BCUT2D eigenvalue weighted by Crippen LogP contribution is 2.04. The van der Waals surface area contributed by atoms with E-state index in [2.05, 4.69) is 17.4 Å². The van der Waals surface area contributed by atoms with Gasteiger partial charge in [0.15, 0.2) is 0 Å².